The highest BCUT2D eigenvalue weighted by molar-refractivity contribution is 6.61. The van der Waals surface area contributed by atoms with E-state index in [2.05, 4.69) is 52.7 Å². The molecule has 4 aromatic heterocycles. The van der Waals surface area contributed by atoms with Crippen molar-refractivity contribution >= 4 is 89.7 Å². The van der Waals surface area contributed by atoms with Crippen molar-refractivity contribution in [1.82, 2.24) is 50.2 Å². The number of hydrogen-bond acceptors (Lipinski definition) is 13. The Morgan fingerprint density at radius 1 is 0.529 bits per heavy atom. The van der Waals surface area contributed by atoms with E-state index in [-0.39, 0.29) is 42.1 Å². The minimum atomic E-state index is -0.961. The molecule has 6 heterocycles. The van der Waals surface area contributed by atoms with Crippen LogP contribution in [-0.4, -0.2) is 121 Å². The number of nitrogens with one attached hydrogen (secondary N) is 5. The van der Waals surface area contributed by atoms with Gasteiger partial charge in [0.1, 0.15) is 26.6 Å². The summed E-state index contributed by atoms with van der Waals surface area (Å²) in [6, 6.07) is 44.9. The summed E-state index contributed by atoms with van der Waals surface area (Å²) in [5, 5.41) is 36.7. The maximum absolute atomic E-state index is 13.4. The van der Waals surface area contributed by atoms with E-state index in [1.54, 1.807) is 29.2 Å². The van der Waals surface area contributed by atoms with Gasteiger partial charge in [-0.1, -0.05) is 97.1 Å². The number of aromatic nitrogens is 8. The Bertz CT molecular complexity index is 4120. The lowest BCUT2D eigenvalue weighted by Gasteiger charge is -2.31. The molecule has 0 bridgehead atoms. The Morgan fingerprint density at radius 2 is 0.929 bits per heavy atom. The number of hydrogen-bond donors (Lipinski definition) is 5. The molecule has 23 heteroatoms. The molecule has 6 aromatic carbocycles. The fourth-order valence-electron chi connectivity index (χ4n) is 10.5. The van der Waals surface area contributed by atoms with Crippen molar-refractivity contribution in [3.8, 4) is 22.5 Å². The number of carbonyl (C=O) groups excluding carboxylic acids is 4. The Morgan fingerprint density at radius 3 is 1.35 bits per heavy atom. The van der Waals surface area contributed by atoms with Gasteiger partial charge in [0.25, 0.3) is 22.9 Å². The van der Waals surface area contributed by atoms with Gasteiger partial charge >= 0.3 is 11.5 Å². The van der Waals surface area contributed by atoms with Crippen LogP contribution < -0.4 is 27.1 Å². The highest BCUT2D eigenvalue weighted by Gasteiger charge is 2.27. The van der Waals surface area contributed by atoms with Gasteiger partial charge in [0.05, 0.1) is 33.2 Å². The minimum absolute atomic E-state index is 0.218. The zero-order chi connectivity index (χ0) is 59.2. The molecule has 12 rings (SSSR count). The number of rotatable bonds is 14. The molecule has 436 valence electrons. The predicted octanol–water partition coefficient (Wildman–Crippen LogP) is 10.5. The van der Waals surface area contributed by atoms with Gasteiger partial charge in [-0.15, -0.1) is 0 Å². The summed E-state index contributed by atoms with van der Waals surface area (Å²) >= 11 is 4.63. The molecule has 0 saturated carbocycles. The van der Waals surface area contributed by atoms with Crippen molar-refractivity contribution in [3.63, 3.8) is 0 Å². The number of halogens is 3. The average molecular weight is 1170 g/mol. The van der Waals surface area contributed by atoms with E-state index < -0.39 is 24.9 Å². The van der Waals surface area contributed by atoms with E-state index in [9.17, 15) is 37.5 Å². The van der Waals surface area contributed by atoms with Crippen LogP contribution in [-0.2, 0) is 22.6 Å². The number of likely N-dealkylation sites (tertiary alicyclic amines) is 1. The van der Waals surface area contributed by atoms with Crippen LogP contribution in [0.5, 0.6) is 0 Å². The van der Waals surface area contributed by atoms with Crippen LogP contribution in [0.25, 0.3) is 65.9 Å². The molecule has 10 aromatic rings. The van der Waals surface area contributed by atoms with Gasteiger partial charge in [-0.2, -0.15) is 20.4 Å². The lowest BCUT2D eigenvalue weighted by atomic mass is 9.97. The van der Waals surface area contributed by atoms with Crippen LogP contribution in [0.3, 0.4) is 0 Å². The van der Waals surface area contributed by atoms with Crippen molar-refractivity contribution in [2.45, 2.75) is 38.8 Å². The SMILES string of the molecule is O=C(Cl)OCCF.O=C(Nc1ccc(-c2n[nH]c(=O)c3ccccc23)cc1)c1nn(CC2CCN(C(=O)OCCF)CC2)c2ccccc12.O=C(Nc1ccc(-c2n[nH]c(=O)c3ccccc23)cc1)c1nn(CC2CCNCC2)c2ccccc12. The Balaban J connectivity index is 0.000000171. The number of H-pyrrole nitrogens is 2. The largest absolute Gasteiger partial charge is 0.451 e. The summed E-state index contributed by atoms with van der Waals surface area (Å²) in [4.78, 5) is 74.1. The number of amides is 3. The Labute approximate surface area is 489 Å². The van der Waals surface area contributed by atoms with Crippen molar-refractivity contribution < 1.29 is 37.4 Å². The first kappa shape index (κ1) is 58.5. The first-order valence-corrected chi connectivity index (χ1v) is 28.1. The monoisotopic (exact) mass is 1170 g/mol. The molecule has 2 aliphatic heterocycles. The van der Waals surface area contributed by atoms with Crippen molar-refractivity contribution in [2.75, 3.05) is 63.4 Å². The summed E-state index contributed by atoms with van der Waals surface area (Å²) in [6.07, 6.45) is 3.26. The highest BCUT2D eigenvalue weighted by atomic mass is 35.5. The number of piperidine rings is 2. The number of aromatic amines is 2. The molecule has 2 fully saturated rings. The van der Waals surface area contributed by atoms with Gasteiger partial charge < -0.3 is 30.3 Å². The summed E-state index contributed by atoms with van der Waals surface area (Å²) in [5.74, 6) is 0.251. The summed E-state index contributed by atoms with van der Waals surface area (Å²) in [6.45, 7) is 2.68. The van der Waals surface area contributed by atoms with Crippen LogP contribution in [0.2, 0.25) is 0 Å². The van der Waals surface area contributed by atoms with Crippen LogP contribution in [0, 0.1) is 11.8 Å². The van der Waals surface area contributed by atoms with Gasteiger partial charge in [0.15, 0.2) is 11.4 Å². The molecule has 20 nitrogen and oxygen atoms in total. The highest BCUT2D eigenvalue weighted by Crippen LogP contribution is 2.30. The zero-order valence-corrected chi connectivity index (χ0v) is 46.7. The summed E-state index contributed by atoms with van der Waals surface area (Å²) in [5.41, 5.74) is 5.42. The molecular weight excluding hydrogens is 1110 g/mol. The third kappa shape index (κ3) is 14.1. The van der Waals surface area contributed by atoms with Crippen molar-refractivity contribution in [1.29, 1.82) is 0 Å². The van der Waals surface area contributed by atoms with Gasteiger partial charge in [-0.3, -0.25) is 28.5 Å². The lowest BCUT2D eigenvalue weighted by Crippen LogP contribution is -2.40. The van der Waals surface area contributed by atoms with Gasteiger partial charge in [-0.05, 0) is 99.1 Å². The van der Waals surface area contributed by atoms with E-state index in [4.69, 9.17) is 14.9 Å². The van der Waals surface area contributed by atoms with E-state index >= 15 is 0 Å². The summed E-state index contributed by atoms with van der Waals surface area (Å²) < 4.78 is 36.0. The first-order chi connectivity index (χ1) is 41.5. The lowest BCUT2D eigenvalue weighted by molar-refractivity contribution is 0.0809. The fraction of sp³-hybridized carbons (Fsp3) is 0.258. The number of benzene rings is 6. The number of para-hydroxylation sites is 2. The number of alkyl halides is 2. The smallest absolute Gasteiger partial charge is 0.409 e. The Hall–Kier alpha value is -9.67. The van der Waals surface area contributed by atoms with Crippen LogP contribution in [0.1, 0.15) is 46.7 Å². The van der Waals surface area contributed by atoms with Crippen LogP contribution in [0.4, 0.5) is 29.7 Å². The predicted molar refractivity (Wildman–Crippen MR) is 321 cm³/mol. The number of anilines is 2. The third-order valence-corrected chi connectivity index (χ3v) is 14.9. The molecule has 2 aliphatic rings. The molecule has 2 saturated heterocycles. The van der Waals surface area contributed by atoms with Crippen LogP contribution in [0.15, 0.2) is 155 Å². The normalized spacial score (nSPS) is 13.6. The van der Waals surface area contributed by atoms with Gasteiger partial charge in [0.2, 0.25) is 0 Å². The first-order valence-electron chi connectivity index (χ1n) is 27.7. The third-order valence-electron chi connectivity index (χ3n) is 14.8. The second-order valence-corrected chi connectivity index (χ2v) is 20.6. The molecule has 85 heavy (non-hydrogen) atoms. The molecule has 0 aliphatic carbocycles. The standard InChI is InChI=1S/C31H29FN6O4.C28H26N6O2.C3H4ClFO2/c32-15-18-42-31(41)37-16-13-20(14-17-37)19-38-26-8-4-3-7-25(26)28(36-38)30(40)33-22-11-9-21(10-12-22)27-23-5-1-2-6-24(23)29(39)35-34-27;35-27-22-6-2-1-5-21(22)25(31-32-27)19-9-11-20(12-10-19)30-28(36)26-23-7-3-4-8-24(23)34(33-26)17-18-13-15-29-16-14-18;4-3(6)7-2-1-5/h1-12,20H,13-19H2,(H,33,40)(H,35,39);1-12,18,29H,13-17H2,(H,30,36)(H,32,35);1-2H2. The number of ether oxygens (including phenoxy) is 2. The summed E-state index contributed by atoms with van der Waals surface area (Å²) in [7, 11) is 0. The average Bonchev–Trinajstić information content (AvgIpc) is 4.24. The van der Waals surface area contributed by atoms with Crippen LogP contribution >= 0.6 is 11.6 Å². The Kier molecular flexibility index (Phi) is 19.0. The zero-order valence-electron chi connectivity index (χ0n) is 45.9. The topological polar surface area (TPSA) is 253 Å². The second kappa shape index (κ2) is 27.6. The minimum Gasteiger partial charge on any atom is -0.451 e. The number of fused-ring (bicyclic) bond motifs is 4. The van der Waals surface area contributed by atoms with E-state index in [1.165, 1.54) is 0 Å². The van der Waals surface area contributed by atoms with Crippen molar-refractivity contribution in [2.24, 2.45) is 11.8 Å². The molecular formula is C62H59ClF2N12O8. The van der Waals surface area contributed by atoms with Gasteiger partial charge in [-0.25, -0.2) is 28.6 Å². The van der Waals surface area contributed by atoms with E-state index in [0.717, 1.165) is 89.0 Å². The second-order valence-electron chi connectivity index (χ2n) is 20.3. The number of carbonyl (C=O) groups is 4. The molecule has 3 amide bonds. The maximum Gasteiger partial charge on any atom is 0.409 e. The molecule has 0 radical (unpaired) electrons. The maximum atomic E-state index is 13.4. The van der Waals surface area contributed by atoms with Gasteiger partial charge in [0, 0.05) is 81.8 Å². The van der Waals surface area contributed by atoms with E-state index in [0.29, 0.717) is 70.5 Å². The van der Waals surface area contributed by atoms with Crippen molar-refractivity contribution in [3.05, 3.63) is 178 Å². The molecule has 0 unspecified atom stereocenters. The number of nitrogens with zero attached hydrogens (tertiary/aromatic N) is 7. The molecule has 0 atom stereocenters. The fourth-order valence-corrected chi connectivity index (χ4v) is 10.6. The van der Waals surface area contributed by atoms with E-state index in [1.807, 2.05) is 131 Å². The quantitative estimate of drug-likeness (QED) is 0.0636. The molecule has 0 spiro atoms. The molecule has 5 N–H and O–H groups in total.